The Morgan fingerprint density at radius 2 is 1.72 bits per heavy atom. The van der Waals surface area contributed by atoms with Crippen LogP contribution in [-0.4, -0.2) is 78.4 Å². The molecule has 2 aliphatic rings. The number of nitrogens with zero attached hydrogens (tertiary/aromatic N) is 3. The lowest BCUT2D eigenvalue weighted by Gasteiger charge is -2.35. The zero-order valence-corrected chi connectivity index (χ0v) is 14.4. The van der Waals surface area contributed by atoms with Gasteiger partial charge in [-0.25, -0.2) is 0 Å². The third-order valence-corrected chi connectivity index (χ3v) is 4.54. The molecule has 0 bridgehead atoms. The lowest BCUT2D eigenvalue weighted by atomic mass is 10.1. The topological polar surface area (TPSA) is 70.2 Å². The summed E-state index contributed by atoms with van der Waals surface area (Å²) in [6.07, 6.45) is 0. The van der Waals surface area contributed by atoms with Crippen molar-refractivity contribution in [3.63, 3.8) is 0 Å². The van der Waals surface area contributed by atoms with Crippen LogP contribution in [0.5, 0.6) is 0 Å². The molecule has 3 rings (SSSR count). The van der Waals surface area contributed by atoms with Crippen LogP contribution in [0.4, 0.5) is 0 Å². The number of hydrogen-bond donors (Lipinski definition) is 0. The number of piperazine rings is 1. The highest BCUT2D eigenvalue weighted by molar-refractivity contribution is 6.35. The Morgan fingerprint density at radius 1 is 1.04 bits per heavy atom. The number of ether oxygens (including phenoxy) is 1. The van der Waals surface area contributed by atoms with Crippen LogP contribution < -0.4 is 0 Å². The van der Waals surface area contributed by atoms with Gasteiger partial charge in [-0.05, 0) is 12.5 Å². The van der Waals surface area contributed by atoms with Gasteiger partial charge in [-0.3, -0.25) is 14.4 Å². The van der Waals surface area contributed by atoms with Crippen LogP contribution in [0, 0.1) is 6.92 Å². The summed E-state index contributed by atoms with van der Waals surface area (Å²) < 4.78 is 5.22. The normalized spacial score (nSPS) is 18.7. The number of aryl methyl sites for hydroxylation is 1. The van der Waals surface area contributed by atoms with Crippen molar-refractivity contribution >= 4 is 17.7 Å². The van der Waals surface area contributed by atoms with Crippen LogP contribution in [0.2, 0.25) is 0 Å². The lowest BCUT2D eigenvalue weighted by molar-refractivity contribution is -0.158. The van der Waals surface area contributed by atoms with Gasteiger partial charge in [-0.2, -0.15) is 0 Å². The standard InChI is InChI=1S/C18H23N3O4/c1-14-3-2-4-15(11-14)12-20-5-6-21(18(24)17(20)23)13-16(22)19-7-9-25-10-8-19/h2-4,11H,5-10,12-13H2,1H3. The van der Waals surface area contributed by atoms with Gasteiger partial charge < -0.3 is 19.4 Å². The summed E-state index contributed by atoms with van der Waals surface area (Å²) in [7, 11) is 0. The molecule has 0 aliphatic carbocycles. The largest absolute Gasteiger partial charge is 0.378 e. The average molecular weight is 345 g/mol. The molecule has 1 aromatic carbocycles. The first-order valence-electron chi connectivity index (χ1n) is 8.54. The van der Waals surface area contributed by atoms with E-state index in [4.69, 9.17) is 4.74 Å². The zero-order chi connectivity index (χ0) is 17.8. The van der Waals surface area contributed by atoms with Crippen molar-refractivity contribution in [1.29, 1.82) is 0 Å². The molecule has 2 heterocycles. The quantitative estimate of drug-likeness (QED) is 0.722. The Bertz CT molecular complexity index is 670. The summed E-state index contributed by atoms with van der Waals surface area (Å²) in [6.45, 7) is 5.29. The molecule has 2 fully saturated rings. The highest BCUT2D eigenvalue weighted by Gasteiger charge is 2.34. The molecule has 0 aromatic heterocycles. The molecule has 2 saturated heterocycles. The minimum Gasteiger partial charge on any atom is -0.378 e. The van der Waals surface area contributed by atoms with Gasteiger partial charge in [0.1, 0.15) is 6.54 Å². The van der Waals surface area contributed by atoms with Gasteiger partial charge in [0.2, 0.25) is 5.91 Å². The van der Waals surface area contributed by atoms with Crippen LogP contribution in [0.25, 0.3) is 0 Å². The number of amides is 3. The zero-order valence-electron chi connectivity index (χ0n) is 14.4. The van der Waals surface area contributed by atoms with Gasteiger partial charge >= 0.3 is 11.8 Å². The summed E-state index contributed by atoms with van der Waals surface area (Å²) in [5, 5.41) is 0. The molecule has 0 unspecified atom stereocenters. The van der Waals surface area contributed by atoms with Gasteiger partial charge in [-0.1, -0.05) is 29.8 Å². The first-order chi connectivity index (χ1) is 12.0. The minimum absolute atomic E-state index is 0.0388. The predicted octanol–water partition coefficient (Wildman–Crippen LogP) is 0.0246. The maximum atomic E-state index is 12.4. The SMILES string of the molecule is Cc1cccc(CN2CCN(CC(=O)N3CCOCC3)C(=O)C2=O)c1. The van der Waals surface area contributed by atoms with Crippen molar-refractivity contribution in [2.75, 3.05) is 45.9 Å². The molecule has 0 radical (unpaired) electrons. The number of carbonyl (C=O) groups is 3. The third kappa shape index (κ3) is 4.17. The van der Waals surface area contributed by atoms with E-state index in [-0.39, 0.29) is 12.5 Å². The molecule has 3 amide bonds. The van der Waals surface area contributed by atoms with Gasteiger partial charge in [0.15, 0.2) is 0 Å². The van der Waals surface area contributed by atoms with Gasteiger partial charge in [0.05, 0.1) is 13.2 Å². The van der Waals surface area contributed by atoms with Crippen LogP contribution in [0.3, 0.4) is 0 Å². The molecule has 0 spiro atoms. The molecular weight excluding hydrogens is 322 g/mol. The summed E-state index contributed by atoms with van der Waals surface area (Å²) in [6, 6.07) is 7.88. The van der Waals surface area contributed by atoms with Crippen molar-refractivity contribution in [2.24, 2.45) is 0 Å². The van der Waals surface area contributed by atoms with Crippen LogP contribution in [0.1, 0.15) is 11.1 Å². The van der Waals surface area contributed by atoms with E-state index >= 15 is 0 Å². The maximum Gasteiger partial charge on any atom is 0.312 e. The Morgan fingerprint density at radius 3 is 2.44 bits per heavy atom. The van der Waals surface area contributed by atoms with E-state index in [0.717, 1.165) is 11.1 Å². The number of carbonyl (C=O) groups excluding carboxylic acids is 3. The summed E-state index contributed by atoms with van der Waals surface area (Å²) in [4.78, 5) is 41.6. The Hall–Kier alpha value is -2.41. The van der Waals surface area contributed by atoms with Crippen molar-refractivity contribution in [1.82, 2.24) is 14.7 Å². The summed E-state index contributed by atoms with van der Waals surface area (Å²) >= 11 is 0. The first-order valence-corrected chi connectivity index (χ1v) is 8.54. The van der Waals surface area contributed by atoms with E-state index in [1.165, 1.54) is 4.90 Å². The first kappa shape index (κ1) is 17.4. The second-order valence-corrected chi connectivity index (χ2v) is 6.44. The van der Waals surface area contributed by atoms with E-state index in [1.807, 2.05) is 31.2 Å². The second kappa shape index (κ2) is 7.65. The van der Waals surface area contributed by atoms with E-state index in [0.29, 0.717) is 45.9 Å². The molecule has 25 heavy (non-hydrogen) atoms. The number of benzene rings is 1. The van der Waals surface area contributed by atoms with E-state index < -0.39 is 11.8 Å². The minimum atomic E-state index is -0.597. The van der Waals surface area contributed by atoms with Crippen molar-refractivity contribution in [3.05, 3.63) is 35.4 Å². The van der Waals surface area contributed by atoms with Crippen LogP contribution in [-0.2, 0) is 25.7 Å². The predicted molar refractivity (Wildman–Crippen MR) is 90.6 cm³/mol. The van der Waals surface area contributed by atoms with Crippen LogP contribution in [0.15, 0.2) is 24.3 Å². The molecule has 7 nitrogen and oxygen atoms in total. The average Bonchev–Trinajstić information content (AvgIpc) is 2.62. The Balaban J connectivity index is 1.57. The molecular formula is C18H23N3O4. The molecule has 0 N–H and O–H groups in total. The highest BCUT2D eigenvalue weighted by atomic mass is 16.5. The summed E-state index contributed by atoms with van der Waals surface area (Å²) in [5.41, 5.74) is 2.12. The molecule has 2 aliphatic heterocycles. The van der Waals surface area contributed by atoms with Crippen molar-refractivity contribution < 1.29 is 19.1 Å². The lowest BCUT2D eigenvalue weighted by Crippen LogP contribution is -2.56. The fourth-order valence-electron chi connectivity index (χ4n) is 3.12. The molecule has 134 valence electrons. The van der Waals surface area contributed by atoms with E-state index in [1.54, 1.807) is 9.80 Å². The van der Waals surface area contributed by atoms with Crippen molar-refractivity contribution in [3.8, 4) is 0 Å². The van der Waals surface area contributed by atoms with Crippen LogP contribution >= 0.6 is 0 Å². The number of hydrogen-bond acceptors (Lipinski definition) is 4. The monoisotopic (exact) mass is 345 g/mol. The number of rotatable bonds is 4. The van der Waals surface area contributed by atoms with Crippen molar-refractivity contribution in [2.45, 2.75) is 13.5 Å². The molecule has 0 saturated carbocycles. The number of morpholine rings is 1. The Labute approximate surface area is 147 Å². The third-order valence-electron chi connectivity index (χ3n) is 4.54. The molecule has 7 heteroatoms. The van der Waals surface area contributed by atoms with Gasteiger partial charge in [0.25, 0.3) is 0 Å². The maximum absolute atomic E-state index is 12.4. The van der Waals surface area contributed by atoms with E-state index in [9.17, 15) is 14.4 Å². The summed E-state index contributed by atoms with van der Waals surface area (Å²) in [5.74, 6) is -1.26. The van der Waals surface area contributed by atoms with Gasteiger partial charge in [-0.15, -0.1) is 0 Å². The fraction of sp³-hybridized carbons (Fsp3) is 0.500. The second-order valence-electron chi connectivity index (χ2n) is 6.44. The highest BCUT2D eigenvalue weighted by Crippen LogP contribution is 2.12. The fourth-order valence-corrected chi connectivity index (χ4v) is 3.12. The molecule has 1 aromatic rings. The molecule has 0 atom stereocenters. The van der Waals surface area contributed by atoms with E-state index in [2.05, 4.69) is 0 Å². The smallest absolute Gasteiger partial charge is 0.312 e. The van der Waals surface area contributed by atoms with Gasteiger partial charge in [0, 0.05) is 32.7 Å². The Kier molecular flexibility index (Phi) is 5.33.